The van der Waals surface area contributed by atoms with Crippen LogP contribution in [-0.2, 0) is 9.53 Å². The first-order chi connectivity index (χ1) is 7.70. The first kappa shape index (κ1) is 13.5. The van der Waals surface area contributed by atoms with Gasteiger partial charge < -0.3 is 15.4 Å². The molecule has 0 aromatic rings. The second kappa shape index (κ2) is 6.86. The van der Waals surface area contributed by atoms with E-state index in [0.29, 0.717) is 25.1 Å². The van der Waals surface area contributed by atoms with Crippen molar-refractivity contribution in [2.24, 2.45) is 11.7 Å². The molecule has 2 unspecified atom stereocenters. The Labute approximate surface area is 98.1 Å². The normalized spacial score (nSPS) is 24.7. The van der Waals surface area contributed by atoms with Crippen LogP contribution in [0.2, 0.25) is 0 Å². The van der Waals surface area contributed by atoms with Gasteiger partial charge in [-0.1, -0.05) is 13.3 Å². The summed E-state index contributed by atoms with van der Waals surface area (Å²) in [5.41, 5.74) is 5.71. The lowest BCUT2D eigenvalue weighted by molar-refractivity contribution is -0.137. The van der Waals surface area contributed by atoms with Gasteiger partial charge in [0.05, 0.1) is 0 Å². The van der Waals surface area contributed by atoms with Gasteiger partial charge in [-0.05, 0) is 31.7 Å². The third-order valence-corrected chi connectivity index (χ3v) is 3.39. The Morgan fingerprint density at radius 2 is 2.25 bits per heavy atom. The van der Waals surface area contributed by atoms with Crippen LogP contribution in [0.5, 0.6) is 0 Å². The summed E-state index contributed by atoms with van der Waals surface area (Å²) in [5.74, 6) is 0.555. The Morgan fingerprint density at radius 3 is 2.88 bits per heavy atom. The van der Waals surface area contributed by atoms with Gasteiger partial charge in [-0.25, -0.2) is 0 Å². The lowest BCUT2D eigenvalue weighted by atomic mass is 10.0. The SMILES string of the molecule is CCCOCC(=O)N(C)C1CCCC1CN. The molecule has 16 heavy (non-hydrogen) atoms. The van der Waals surface area contributed by atoms with E-state index in [1.54, 1.807) is 0 Å². The molecule has 1 saturated carbocycles. The molecule has 0 spiro atoms. The highest BCUT2D eigenvalue weighted by molar-refractivity contribution is 5.77. The van der Waals surface area contributed by atoms with Crippen molar-refractivity contribution in [3.63, 3.8) is 0 Å². The predicted octanol–water partition coefficient (Wildman–Crippen LogP) is 0.999. The molecule has 1 rings (SSSR count). The summed E-state index contributed by atoms with van der Waals surface area (Å²) in [6.07, 6.45) is 4.36. The van der Waals surface area contributed by atoms with Gasteiger partial charge in [-0.2, -0.15) is 0 Å². The fourth-order valence-corrected chi connectivity index (χ4v) is 2.39. The molecule has 1 amide bonds. The summed E-state index contributed by atoms with van der Waals surface area (Å²) in [7, 11) is 1.87. The Bertz CT molecular complexity index is 221. The van der Waals surface area contributed by atoms with E-state index in [9.17, 15) is 4.79 Å². The first-order valence-electron chi connectivity index (χ1n) is 6.24. The molecule has 0 aromatic heterocycles. The molecule has 0 saturated heterocycles. The Morgan fingerprint density at radius 1 is 1.50 bits per heavy atom. The van der Waals surface area contributed by atoms with E-state index >= 15 is 0 Å². The average Bonchev–Trinajstić information content (AvgIpc) is 2.76. The van der Waals surface area contributed by atoms with Gasteiger partial charge in [0.2, 0.25) is 5.91 Å². The Balaban J connectivity index is 2.37. The molecule has 2 N–H and O–H groups in total. The van der Waals surface area contributed by atoms with Gasteiger partial charge in [0.15, 0.2) is 0 Å². The third kappa shape index (κ3) is 3.46. The van der Waals surface area contributed by atoms with Crippen LogP contribution >= 0.6 is 0 Å². The molecule has 94 valence electrons. The van der Waals surface area contributed by atoms with Crippen LogP contribution in [0, 0.1) is 5.92 Å². The van der Waals surface area contributed by atoms with Crippen LogP contribution in [-0.4, -0.2) is 43.7 Å². The number of likely N-dealkylation sites (N-methyl/N-ethyl adjacent to an activating group) is 1. The van der Waals surface area contributed by atoms with Gasteiger partial charge in [0.1, 0.15) is 6.61 Å². The fraction of sp³-hybridized carbons (Fsp3) is 0.917. The van der Waals surface area contributed by atoms with E-state index in [-0.39, 0.29) is 12.5 Å². The Kier molecular flexibility index (Phi) is 5.77. The number of carbonyl (C=O) groups is 1. The number of carbonyl (C=O) groups excluding carboxylic acids is 1. The number of nitrogens with two attached hydrogens (primary N) is 1. The summed E-state index contributed by atoms with van der Waals surface area (Å²) >= 11 is 0. The van der Waals surface area contributed by atoms with Crippen molar-refractivity contribution in [3.05, 3.63) is 0 Å². The second-order valence-corrected chi connectivity index (χ2v) is 4.55. The van der Waals surface area contributed by atoms with E-state index in [0.717, 1.165) is 19.3 Å². The zero-order valence-corrected chi connectivity index (χ0v) is 10.4. The number of hydrogen-bond donors (Lipinski definition) is 1. The zero-order chi connectivity index (χ0) is 12.0. The quantitative estimate of drug-likeness (QED) is 0.690. The van der Waals surface area contributed by atoms with Crippen molar-refractivity contribution in [1.29, 1.82) is 0 Å². The maximum absolute atomic E-state index is 11.8. The van der Waals surface area contributed by atoms with Crippen LogP contribution in [0.1, 0.15) is 32.6 Å². The smallest absolute Gasteiger partial charge is 0.248 e. The first-order valence-corrected chi connectivity index (χ1v) is 6.24. The molecule has 2 atom stereocenters. The lowest BCUT2D eigenvalue weighted by Gasteiger charge is -2.29. The molecule has 0 bridgehead atoms. The summed E-state index contributed by atoms with van der Waals surface area (Å²) in [6.45, 7) is 3.58. The van der Waals surface area contributed by atoms with Gasteiger partial charge in [-0.3, -0.25) is 4.79 Å². The maximum atomic E-state index is 11.8. The van der Waals surface area contributed by atoms with Crippen LogP contribution in [0.15, 0.2) is 0 Å². The maximum Gasteiger partial charge on any atom is 0.248 e. The molecule has 1 fully saturated rings. The molecular weight excluding hydrogens is 204 g/mol. The second-order valence-electron chi connectivity index (χ2n) is 4.55. The van der Waals surface area contributed by atoms with Crippen molar-refractivity contribution in [1.82, 2.24) is 4.90 Å². The van der Waals surface area contributed by atoms with Crippen LogP contribution < -0.4 is 5.73 Å². The van der Waals surface area contributed by atoms with E-state index < -0.39 is 0 Å². The topological polar surface area (TPSA) is 55.6 Å². The monoisotopic (exact) mass is 228 g/mol. The molecule has 4 nitrogen and oxygen atoms in total. The standard InChI is InChI=1S/C12H24N2O2/c1-3-7-16-9-12(15)14(2)11-6-4-5-10(11)8-13/h10-11H,3-9,13H2,1-2H3. The average molecular weight is 228 g/mol. The summed E-state index contributed by atoms with van der Waals surface area (Å²) in [4.78, 5) is 13.7. The van der Waals surface area contributed by atoms with Gasteiger partial charge in [0, 0.05) is 19.7 Å². The molecule has 1 aliphatic rings. The molecule has 0 aliphatic heterocycles. The zero-order valence-electron chi connectivity index (χ0n) is 10.4. The third-order valence-electron chi connectivity index (χ3n) is 3.39. The van der Waals surface area contributed by atoms with E-state index in [4.69, 9.17) is 10.5 Å². The highest BCUT2D eigenvalue weighted by atomic mass is 16.5. The number of rotatable bonds is 6. The van der Waals surface area contributed by atoms with Crippen molar-refractivity contribution in [3.8, 4) is 0 Å². The van der Waals surface area contributed by atoms with Crippen molar-refractivity contribution in [2.75, 3.05) is 26.8 Å². The lowest BCUT2D eigenvalue weighted by Crippen LogP contribution is -2.43. The molecular formula is C12H24N2O2. The molecule has 4 heteroatoms. The van der Waals surface area contributed by atoms with Gasteiger partial charge >= 0.3 is 0 Å². The van der Waals surface area contributed by atoms with E-state index in [1.807, 2.05) is 18.9 Å². The number of ether oxygens (including phenoxy) is 1. The summed E-state index contributed by atoms with van der Waals surface area (Å²) < 4.78 is 5.27. The molecule has 0 heterocycles. The molecule has 1 aliphatic carbocycles. The minimum atomic E-state index is 0.0822. The molecule has 0 aromatic carbocycles. The number of nitrogens with zero attached hydrogens (tertiary/aromatic N) is 1. The van der Waals surface area contributed by atoms with E-state index in [1.165, 1.54) is 6.42 Å². The van der Waals surface area contributed by atoms with Crippen LogP contribution in [0.3, 0.4) is 0 Å². The van der Waals surface area contributed by atoms with Crippen molar-refractivity contribution in [2.45, 2.75) is 38.6 Å². The highest BCUT2D eigenvalue weighted by Crippen LogP contribution is 2.28. The largest absolute Gasteiger partial charge is 0.372 e. The van der Waals surface area contributed by atoms with Gasteiger partial charge in [-0.15, -0.1) is 0 Å². The summed E-state index contributed by atoms with van der Waals surface area (Å²) in [6, 6.07) is 0.322. The van der Waals surface area contributed by atoms with Crippen LogP contribution in [0.25, 0.3) is 0 Å². The highest BCUT2D eigenvalue weighted by Gasteiger charge is 2.31. The fourth-order valence-electron chi connectivity index (χ4n) is 2.39. The summed E-state index contributed by atoms with van der Waals surface area (Å²) in [5, 5.41) is 0. The molecule has 0 radical (unpaired) electrons. The van der Waals surface area contributed by atoms with Crippen LogP contribution in [0.4, 0.5) is 0 Å². The van der Waals surface area contributed by atoms with Gasteiger partial charge in [0.25, 0.3) is 0 Å². The number of hydrogen-bond acceptors (Lipinski definition) is 3. The van der Waals surface area contributed by atoms with E-state index in [2.05, 4.69) is 0 Å². The van der Waals surface area contributed by atoms with Crippen molar-refractivity contribution >= 4 is 5.91 Å². The predicted molar refractivity (Wildman–Crippen MR) is 64.1 cm³/mol. The number of amides is 1. The Hall–Kier alpha value is -0.610. The minimum Gasteiger partial charge on any atom is -0.372 e. The van der Waals surface area contributed by atoms with Crippen molar-refractivity contribution < 1.29 is 9.53 Å². The minimum absolute atomic E-state index is 0.0822.